The molecule has 3 fully saturated rings. The highest BCUT2D eigenvalue weighted by Gasteiger charge is 2.50. The summed E-state index contributed by atoms with van der Waals surface area (Å²) >= 11 is 0. The van der Waals surface area contributed by atoms with Crippen LogP contribution in [0.2, 0.25) is 0 Å². The van der Waals surface area contributed by atoms with Gasteiger partial charge in [-0.15, -0.1) is 0 Å². The molecule has 0 radical (unpaired) electrons. The van der Waals surface area contributed by atoms with E-state index < -0.39 is 0 Å². The van der Waals surface area contributed by atoms with Crippen LogP contribution in [0.15, 0.2) is 42.6 Å². The summed E-state index contributed by atoms with van der Waals surface area (Å²) < 4.78 is 6.52. The lowest BCUT2D eigenvalue weighted by atomic mass is 9.82. The van der Waals surface area contributed by atoms with Crippen molar-refractivity contribution < 1.29 is 9.53 Å². The monoisotopic (exact) mass is 421 g/mol. The number of hydrogen-bond donors (Lipinski definition) is 1. The molecule has 1 saturated heterocycles. The number of aromatic nitrogens is 2. The largest absolute Gasteiger partial charge is 0.376 e. The van der Waals surface area contributed by atoms with Crippen LogP contribution in [-0.2, 0) is 9.53 Å². The first-order valence-electron chi connectivity index (χ1n) is 12.1. The number of ether oxygens (including phenoxy) is 1. The third-order valence-corrected chi connectivity index (χ3v) is 7.93. The molecule has 3 aliphatic rings. The van der Waals surface area contributed by atoms with Crippen LogP contribution in [0.3, 0.4) is 0 Å². The van der Waals surface area contributed by atoms with Gasteiger partial charge in [0, 0.05) is 29.8 Å². The quantitative estimate of drug-likeness (QED) is 0.712. The molecule has 5 heteroatoms. The molecule has 0 bridgehead atoms. The molecule has 5 rings (SSSR count). The van der Waals surface area contributed by atoms with Gasteiger partial charge < -0.3 is 9.64 Å². The minimum Gasteiger partial charge on any atom is -0.376 e. The van der Waals surface area contributed by atoms with Crippen molar-refractivity contribution >= 4 is 5.91 Å². The Morgan fingerprint density at radius 1 is 1.13 bits per heavy atom. The molecule has 1 aromatic carbocycles. The van der Waals surface area contributed by atoms with E-state index in [1.807, 2.05) is 6.20 Å². The highest BCUT2D eigenvalue weighted by Crippen LogP contribution is 2.48. The number of rotatable bonds is 6. The summed E-state index contributed by atoms with van der Waals surface area (Å²) in [5, 5.41) is 7.35. The zero-order chi connectivity index (χ0) is 21.3. The van der Waals surface area contributed by atoms with E-state index in [1.165, 1.54) is 18.4 Å². The van der Waals surface area contributed by atoms with Crippen LogP contribution in [0.1, 0.15) is 81.4 Å². The summed E-state index contributed by atoms with van der Waals surface area (Å²) in [6, 6.07) is 13.1. The fourth-order valence-corrected chi connectivity index (χ4v) is 5.62. The molecule has 1 N–H and O–H groups in total. The Labute approximate surface area is 185 Å². The zero-order valence-electron chi connectivity index (χ0n) is 18.6. The number of nitrogens with zero attached hydrogens (tertiary/aromatic N) is 2. The number of piperidine rings is 1. The molecule has 0 spiro atoms. The Balaban J connectivity index is 1.24. The van der Waals surface area contributed by atoms with Crippen molar-refractivity contribution in [3.8, 4) is 0 Å². The molecule has 2 aliphatic carbocycles. The minimum atomic E-state index is -0.137. The maximum absolute atomic E-state index is 13.3. The standard InChI is InChI=1S/C26H35N3O2/c1-26(14-15-26)25(30)29-17-5-8-22(23-13-16-27-28-23)24(29)18-31-21-11-9-20(10-12-21)19-6-3-2-4-7-19/h2-4,6-7,13,16,20-22,24H,5,8-12,14-15,17-18H2,1H3,(H,27,28). The lowest BCUT2D eigenvalue weighted by Crippen LogP contribution is -2.52. The van der Waals surface area contributed by atoms with Crippen molar-refractivity contribution in [3.05, 3.63) is 53.9 Å². The number of H-pyrrole nitrogens is 1. The molecule has 1 aliphatic heterocycles. The first kappa shape index (κ1) is 20.7. The maximum Gasteiger partial charge on any atom is 0.228 e. The smallest absolute Gasteiger partial charge is 0.228 e. The third-order valence-electron chi connectivity index (χ3n) is 7.93. The van der Waals surface area contributed by atoms with Crippen LogP contribution in [0.5, 0.6) is 0 Å². The molecule has 31 heavy (non-hydrogen) atoms. The highest BCUT2D eigenvalue weighted by molar-refractivity contribution is 5.85. The van der Waals surface area contributed by atoms with Gasteiger partial charge in [0.2, 0.25) is 5.91 Å². The van der Waals surface area contributed by atoms with Crippen molar-refractivity contribution in [2.24, 2.45) is 5.41 Å². The minimum absolute atomic E-state index is 0.103. The van der Waals surface area contributed by atoms with E-state index in [9.17, 15) is 4.79 Å². The first-order chi connectivity index (χ1) is 15.1. The first-order valence-corrected chi connectivity index (χ1v) is 12.1. The lowest BCUT2D eigenvalue weighted by molar-refractivity contribution is -0.143. The lowest BCUT2D eigenvalue weighted by Gasteiger charge is -2.43. The fraction of sp³-hybridized carbons (Fsp3) is 0.615. The number of aromatic amines is 1. The predicted octanol–water partition coefficient (Wildman–Crippen LogP) is 5.03. The number of carbonyl (C=O) groups is 1. The number of carbonyl (C=O) groups excluding carboxylic acids is 1. The summed E-state index contributed by atoms with van der Waals surface area (Å²) in [5.74, 6) is 1.27. The van der Waals surface area contributed by atoms with Crippen molar-refractivity contribution in [2.45, 2.75) is 82.3 Å². The van der Waals surface area contributed by atoms with E-state index in [-0.39, 0.29) is 17.4 Å². The predicted molar refractivity (Wildman–Crippen MR) is 121 cm³/mol. The van der Waals surface area contributed by atoms with Gasteiger partial charge in [0.1, 0.15) is 0 Å². The van der Waals surface area contributed by atoms with E-state index in [0.717, 1.165) is 50.8 Å². The molecule has 2 aromatic rings. The van der Waals surface area contributed by atoms with Gasteiger partial charge in [-0.3, -0.25) is 9.89 Å². The number of likely N-dealkylation sites (tertiary alicyclic amines) is 1. The number of amides is 1. The van der Waals surface area contributed by atoms with Crippen LogP contribution >= 0.6 is 0 Å². The summed E-state index contributed by atoms with van der Waals surface area (Å²) in [6.45, 7) is 3.61. The van der Waals surface area contributed by atoms with Crippen LogP contribution in [0.25, 0.3) is 0 Å². The van der Waals surface area contributed by atoms with Crippen molar-refractivity contribution in [3.63, 3.8) is 0 Å². The molecule has 5 nitrogen and oxygen atoms in total. The molecule has 1 aromatic heterocycles. The van der Waals surface area contributed by atoms with Gasteiger partial charge in [-0.25, -0.2) is 0 Å². The molecule has 2 unspecified atom stereocenters. The average molecular weight is 422 g/mol. The Bertz CT molecular complexity index is 854. The van der Waals surface area contributed by atoms with Crippen molar-refractivity contribution in [1.29, 1.82) is 0 Å². The van der Waals surface area contributed by atoms with Crippen LogP contribution in [-0.4, -0.2) is 46.3 Å². The third kappa shape index (κ3) is 4.43. The molecule has 2 saturated carbocycles. The molecule has 166 valence electrons. The van der Waals surface area contributed by atoms with E-state index >= 15 is 0 Å². The number of hydrogen-bond acceptors (Lipinski definition) is 3. The van der Waals surface area contributed by atoms with Crippen LogP contribution in [0, 0.1) is 5.41 Å². The summed E-state index contributed by atoms with van der Waals surface area (Å²) in [4.78, 5) is 15.5. The van der Waals surface area contributed by atoms with Gasteiger partial charge >= 0.3 is 0 Å². The SMILES string of the molecule is CC1(C(=O)N2CCCC(c3ccn[nH]3)C2COC2CCC(c3ccccc3)CC2)CC1. The van der Waals surface area contributed by atoms with E-state index in [4.69, 9.17) is 4.74 Å². The van der Waals surface area contributed by atoms with Crippen molar-refractivity contribution in [1.82, 2.24) is 15.1 Å². The van der Waals surface area contributed by atoms with Gasteiger partial charge in [-0.2, -0.15) is 5.10 Å². The Kier molecular flexibility index (Phi) is 5.87. The molecule has 2 atom stereocenters. The van der Waals surface area contributed by atoms with E-state index in [1.54, 1.807) is 0 Å². The zero-order valence-corrected chi connectivity index (χ0v) is 18.6. The Hall–Kier alpha value is -2.14. The van der Waals surface area contributed by atoms with Crippen LogP contribution in [0.4, 0.5) is 0 Å². The number of nitrogens with one attached hydrogen (secondary N) is 1. The molecular formula is C26H35N3O2. The number of benzene rings is 1. The molecular weight excluding hydrogens is 386 g/mol. The fourth-order valence-electron chi connectivity index (χ4n) is 5.62. The summed E-state index contributed by atoms with van der Waals surface area (Å²) in [7, 11) is 0. The van der Waals surface area contributed by atoms with Gasteiger partial charge in [-0.1, -0.05) is 37.3 Å². The van der Waals surface area contributed by atoms with Crippen LogP contribution < -0.4 is 0 Å². The molecule has 1 amide bonds. The normalized spacial score (nSPS) is 30.2. The topological polar surface area (TPSA) is 58.2 Å². The Morgan fingerprint density at radius 3 is 2.58 bits per heavy atom. The van der Waals surface area contributed by atoms with E-state index in [0.29, 0.717) is 24.5 Å². The highest BCUT2D eigenvalue weighted by atomic mass is 16.5. The summed E-state index contributed by atoms with van der Waals surface area (Å²) in [6.07, 6.45) is 10.9. The second-order valence-corrected chi connectivity index (χ2v) is 10.1. The van der Waals surface area contributed by atoms with Gasteiger partial charge in [0.15, 0.2) is 0 Å². The van der Waals surface area contributed by atoms with Crippen molar-refractivity contribution in [2.75, 3.05) is 13.2 Å². The average Bonchev–Trinajstić information content (AvgIpc) is 3.34. The van der Waals surface area contributed by atoms with Gasteiger partial charge in [0.05, 0.1) is 18.8 Å². The summed E-state index contributed by atoms with van der Waals surface area (Å²) in [5.41, 5.74) is 2.46. The second-order valence-electron chi connectivity index (χ2n) is 10.1. The van der Waals surface area contributed by atoms with Gasteiger partial charge in [0.25, 0.3) is 0 Å². The Morgan fingerprint density at radius 2 is 1.90 bits per heavy atom. The molecule has 2 heterocycles. The van der Waals surface area contributed by atoms with Gasteiger partial charge in [-0.05, 0) is 68.9 Å². The maximum atomic E-state index is 13.3. The van der Waals surface area contributed by atoms with E-state index in [2.05, 4.69) is 58.4 Å². The second kappa shape index (κ2) is 8.78.